The van der Waals surface area contributed by atoms with E-state index >= 15 is 0 Å². The fraction of sp³-hybridized carbons (Fsp3) is 0.250. The summed E-state index contributed by atoms with van der Waals surface area (Å²) in [6, 6.07) is 8.25. The molecule has 1 aromatic carbocycles. The van der Waals surface area contributed by atoms with Crippen LogP contribution in [0.25, 0.3) is 11.3 Å². The summed E-state index contributed by atoms with van der Waals surface area (Å²) in [7, 11) is 0. The first-order valence-electron chi connectivity index (χ1n) is 5.34. The minimum Gasteiger partial charge on any atom is -0.342 e. The van der Waals surface area contributed by atoms with Crippen LogP contribution in [0.2, 0.25) is 0 Å². The van der Waals surface area contributed by atoms with Crippen molar-refractivity contribution in [2.45, 2.75) is 5.92 Å². The van der Waals surface area contributed by atoms with Gasteiger partial charge in [-0.05, 0) is 17.7 Å². The predicted octanol–water partition coefficient (Wildman–Crippen LogP) is 2.53. The number of H-pyrrole nitrogens is 1. The number of imidazole rings is 1. The maximum atomic E-state index is 4.43. The van der Waals surface area contributed by atoms with Crippen LogP contribution in [-0.2, 0) is 0 Å². The highest BCUT2D eigenvalue weighted by Gasteiger charge is 2.21. The van der Waals surface area contributed by atoms with Crippen LogP contribution < -0.4 is 5.32 Å². The smallest absolute Gasteiger partial charge is 0.112 e. The normalized spacial score (nSPS) is 16.1. The monoisotopic (exact) mass is 277 g/mol. The molecule has 2 heterocycles. The lowest BCUT2D eigenvalue weighted by Gasteiger charge is -2.24. The third-order valence-corrected chi connectivity index (χ3v) is 3.45. The molecule has 1 aromatic heterocycles. The van der Waals surface area contributed by atoms with Gasteiger partial charge in [0.05, 0.1) is 11.9 Å². The average molecular weight is 278 g/mol. The van der Waals surface area contributed by atoms with Gasteiger partial charge in [-0.2, -0.15) is 0 Å². The van der Waals surface area contributed by atoms with E-state index in [4.69, 9.17) is 0 Å². The zero-order valence-electron chi connectivity index (χ0n) is 8.70. The van der Waals surface area contributed by atoms with E-state index in [1.165, 1.54) is 5.56 Å². The van der Waals surface area contributed by atoms with Crippen LogP contribution in [0.1, 0.15) is 11.7 Å². The number of halogens is 1. The summed E-state index contributed by atoms with van der Waals surface area (Å²) < 4.78 is 1.10. The number of rotatable bonds is 2. The number of hydrogen-bond acceptors (Lipinski definition) is 2. The number of aromatic nitrogens is 2. The summed E-state index contributed by atoms with van der Waals surface area (Å²) in [4.78, 5) is 7.81. The number of benzene rings is 1. The Kier molecular flexibility index (Phi) is 2.53. The predicted molar refractivity (Wildman–Crippen MR) is 67.3 cm³/mol. The molecule has 1 saturated heterocycles. The Balaban J connectivity index is 1.88. The molecule has 82 valence electrons. The molecule has 3 nitrogen and oxygen atoms in total. The van der Waals surface area contributed by atoms with E-state index in [0.717, 1.165) is 29.1 Å². The molecule has 4 heteroatoms. The van der Waals surface area contributed by atoms with Gasteiger partial charge in [-0.25, -0.2) is 4.98 Å². The molecule has 2 N–H and O–H groups in total. The van der Waals surface area contributed by atoms with Gasteiger partial charge in [-0.15, -0.1) is 0 Å². The SMILES string of the molecule is Brc1ccc(-c2cnc(C3CNC3)[nH]2)cc1. The van der Waals surface area contributed by atoms with Crippen molar-refractivity contribution in [3.8, 4) is 11.3 Å². The molecule has 0 atom stereocenters. The Hall–Kier alpha value is -1.13. The largest absolute Gasteiger partial charge is 0.342 e. The van der Waals surface area contributed by atoms with Crippen molar-refractivity contribution in [1.82, 2.24) is 15.3 Å². The van der Waals surface area contributed by atoms with E-state index in [2.05, 4.69) is 43.3 Å². The Morgan fingerprint density at radius 2 is 1.94 bits per heavy atom. The van der Waals surface area contributed by atoms with Gasteiger partial charge in [0.2, 0.25) is 0 Å². The van der Waals surface area contributed by atoms with Crippen molar-refractivity contribution in [3.05, 3.63) is 40.8 Å². The average Bonchev–Trinajstić information content (AvgIpc) is 2.65. The van der Waals surface area contributed by atoms with E-state index in [1.807, 2.05) is 18.3 Å². The number of aromatic amines is 1. The molecule has 0 spiro atoms. The van der Waals surface area contributed by atoms with Crippen LogP contribution in [0.4, 0.5) is 0 Å². The molecule has 0 unspecified atom stereocenters. The maximum absolute atomic E-state index is 4.43. The zero-order valence-corrected chi connectivity index (χ0v) is 10.3. The summed E-state index contributed by atoms with van der Waals surface area (Å²) in [5.41, 5.74) is 2.27. The minimum atomic E-state index is 0.559. The second-order valence-corrected chi connectivity index (χ2v) is 4.96. The zero-order chi connectivity index (χ0) is 11.0. The third kappa shape index (κ3) is 1.79. The fourth-order valence-electron chi connectivity index (χ4n) is 1.80. The molecule has 16 heavy (non-hydrogen) atoms. The van der Waals surface area contributed by atoms with Gasteiger partial charge in [-0.3, -0.25) is 0 Å². The Labute approximate surface area is 102 Å². The van der Waals surface area contributed by atoms with Crippen LogP contribution in [-0.4, -0.2) is 23.1 Å². The molecule has 0 amide bonds. The van der Waals surface area contributed by atoms with Gasteiger partial charge in [0.1, 0.15) is 5.82 Å². The fourth-order valence-corrected chi connectivity index (χ4v) is 2.07. The summed E-state index contributed by atoms with van der Waals surface area (Å²) >= 11 is 3.43. The molecule has 3 rings (SSSR count). The molecule has 0 aliphatic carbocycles. The van der Waals surface area contributed by atoms with Crippen molar-refractivity contribution in [2.24, 2.45) is 0 Å². The first-order valence-corrected chi connectivity index (χ1v) is 6.14. The Morgan fingerprint density at radius 1 is 1.19 bits per heavy atom. The molecular weight excluding hydrogens is 266 g/mol. The van der Waals surface area contributed by atoms with Crippen LogP contribution in [0.3, 0.4) is 0 Å². The van der Waals surface area contributed by atoms with Crippen LogP contribution >= 0.6 is 15.9 Å². The van der Waals surface area contributed by atoms with Crippen molar-refractivity contribution >= 4 is 15.9 Å². The maximum Gasteiger partial charge on any atom is 0.112 e. The highest BCUT2D eigenvalue weighted by molar-refractivity contribution is 9.10. The summed E-state index contributed by atoms with van der Waals surface area (Å²) in [6.07, 6.45) is 1.91. The van der Waals surface area contributed by atoms with Crippen molar-refractivity contribution < 1.29 is 0 Å². The summed E-state index contributed by atoms with van der Waals surface area (Å²) in [5.74, 6) is 1.65. The number of nitrogens with zero attached hydrogens (tertiary/aromatic N) is 1. The van der Waals surface area contributed by atoms with E-state index in [1.54, 1.807) is 0 Å². The van der Waals surface area contributed by atoms with Gasteiger partial charge in [0, 0.05) is 23.5 Å². The van der Waals surface area contributed by atoms with E-state index in [0.29, 0.717) is 5.92 Å². The standard InChI is InChI=1S/C12H12BrN3/c13-10-3-1-8(2-4-10)11-7-15-12(16-11)9-5-14-6-9/h1-4,7,9,14H,5-6H2,(H,15,16). The molecule has 2 aromatic rings. The van der Waals surface area contributed by atoms with Crippen molar-refractivity contribution in [3.63, 3.8) is 0 Å². The van der Waals surface area contributed by atoms with Crippen molar-refractivity contribution in [1.29, 1.82) is 0 Å². The lowest BCUT2D eigenvalue weighted by molar-refractivity contribution is 0.433. The van der Waals surface area contributed by atoms with Gasteiger partial charge >= 0.3 is 0 Å². The first kappa shape index (κ1) is 10.1. The van der Waals surface area contributed by atoms with Crippen LogP contribution in [0.15, 0.2) is 34.9 Å². The molecule has 0 radical (unpaired) electrons. The quantitative estimate of drug-likeness (QED) is 0.886. The van der Waals surface area contributed by atoms with Gasteiger partial charge in [-0.1, -0.05) is 28.1 Å². The molecule has 1 aliphatic heterocycles. The first-order chi connectivity index (χ1) is 7.83. The van der Waals surface area contributed by atoms with Crippen LogP contribution in [0.5, 0.6) is 0 Å². The molecular formula is C12H12BrN3. The summed E-state index contributed by atoms with van der Waals surface area (Å²) in [5, 5.41) is 3.25. The highest BCUT2D eigenvalue weighted by Crippen LogP contribution is 2.23. The van der Waals surface area contributed by atoms with Gasteiger partial charge in [0.25, 0.3) is 0 Å². The van der Waals surface area contributed by atoms with Gasteiger partial charge < -0.3 is 10.3 Å². The molecule has 1 aliphatic rings. The number of hydrogen-bond donors (Lipinski definition) is 2. The molecule has 0 saturated carbocycles. The minimum absolute atomic E-state index is 0.559. The second kappa shape index (κ2) is 4.03. The second-order valence-electron chi connectivity index (χ2n) is 4.04. The van der Waals surface area contributed by atoms with E-state index < -0.39 is 0 Å². The van der Waals surface area contributed by atoms with E-state index in [-0.39, 0.29) is 0 Å². The highest BCUT2D eigenvalue weighted by atomic mass is 79.9. The topological polar surface area (TPSA) is 40.7 Å². The van der Waals surface area contributed by atoms with Crippen LogP contribution in [0, 0.1) is 0 Å². The lowest BCUT2D eigenvalue weighted by atomic mass is 10.0. The van der Waals surface area contributed by atoms with Gasteiger partial charge in [0.15, 0.2) is 0 Å². The molecule has 1 fully saturated rings. The number of nitrogens with one attached hydrogen (secondary N) is 2. The Bertz CT molecular complexity index is 485. The van der Waals surface area contributed by atoms with E-state index in [9.17, 15) is 0 Å². The van der Waals surface area contributed by atoms with Crippen molar-refractivity contribution in [2.75, 3.05) is 13.1 Å². The summed E-state index contributed by atoms with van der Waals surface area (Å²) in [6.45, 7) is 2.07. The lowest BCUT2D eigenvalue weighted by Crippen LogP contribution is -2.40. The third-order valence-electron chi connectivity index (χ3n) is 2.92. The Morgan fingerprint density at radius 3 is 2.56 bits per heavy atom. The molecule has 0 bridgehead atoms.